The van der Waals surface area contributed by atoms with E-state index >= 15 is 0 Å². The number of hydrogen-bond acceptors (Lipinski definition) is 3. The maximum Gasteiger partial charge on any atom is 0.141 e. The van der Waals surface area contributed by atoms with Crippen molar-refractivity contribution in [3.63, 3.8) is 0 Å². The minimum absolute atomic E-state index is 0.205. The summed E-state index contributed by atoms with van der Waals surface area (Å²) in [7, 11) is 0. The molecular formula is C12H7F2N3S. The molecule has 1 aromatic carbocycles. The van der Waals surface area contributed by atoms with Crippen LogP contribution in [0.15, 0.2) is 46.7 Å². The normalized spacial score (nSPS) is 11.0. The van der Waals surface area contributed by atoms with Crippen molar-refractivity contribution in [1.29, 1.82) is 0 Å². The zero-order valence-electron chi connectivity index (χ0n) is 9.02. The van der Waals surface area contributed by atoms with Gasteiger partial charge >= 0.3 is 0 Å². The van der Waals surface area contributed by atoms with E-state index in [0.717, 1.165) is 35.3 Å². The van der Waals surface area contributed by atoms with Crippen molar-refractivity contribution in [2.24, 2.45) is 0 Å². The topological polar surface area (TPSA) is 41.6 Å². The summed E-state index contributed by atoms with van der Waals surface area (Å²) >= 11 is 1.08. The van der Waals surface area contributed by atoms with Crippen molar-refractivity contribution in [2.75, 3.05) is 0 Å². The van der Waals surface area contributed by atoms with E-state index in [0.29, 0.717) is 10.7 Å². The smallest absolute Gasteiger partial charge is 0.141 e. The third kappa shape index (κ3) is 1.95. The number of fused-ring (bicyclic) bond motifs is 1. The number of halogens is 2. The van der Waals surface area contributed by atoms with E-state index in [4.69, 9.17) is 0 Å². The molecule has 0 aliphatic rings. The lowest BCUT2D eigenvalue weighted by Gasteiger charge is -2.03. The molecule has 3 rings (SSSR count). The molecule has 0 saturated heterocycles. The predicted molar refractivity (Wildman–Crippen MR) is 64.4 cm³/mol. The fourth-order valence-electron chi connectivity index (χ4n) is 1.59. The summed E-state index contributed by atoms with van der Waals surface area (Å²) in [6, 6.07) is 5.15. The third-order valence-electron chi connectivity index (χ3n) is 2.42. The lowest BCUT2D eigenvalue weighted by molar-refractivity contribution is 0.577. The summed E-state index contributed by atoms with van der Waals surface area (Å²) < 4.78 is 26.6. The molecular weight excluding hydrogens is 256 g/mol. The Morgan fingerprint density at radius 1 is 1.11 bits per heavy atom. The van der Waals surface area contributed by atoms with Crippen LogP contribution in [0, 0.1) is 11.6 Å². The van der Waals surface area contributed by atoms with Gasteiger partial charge in [-0.1, -0.05) is 11.8 Å². The van der Waals surface area contributed by atoms with Crippen molar-refractivity contribution in [3.8, 4) is 0 Å². The van der Waals surface area contributed by atoms with Crippen molar-refractivity contribution in [1.82, 2.24) is 15.0 Å². The molecule has 18 heavy (non-hydrogen) atoms. The van der Waals surface area contributed by atoms with Gasteiger partial charge < -0.3 is 4.98 Å². The van der Waals surface area contributed by atoms with Gasteiger partial charge in [-0.15, -0.1) is 0 Å². The lowest BCUT2D eigenvalue weighted by Crippen LogP contribution is -1.87. The van der Waals surface area contributed by atoms with E-state index < -0.39 is 11.6 Å². The van der Waals surface area contributed by atoms with Gasteiger partial charge in [-0.25, -0.2) is 18.7 Å². The highest BCUT2D eigenvalue weighted by atomic mass is 32.2. The summed E-state index contributed by atoms with van der Waals surface area (Å²) in [5.41, 5.74) is 0.671. The van der Waals surface area contributed by atoms with Crippen LogP contribution in [0.4, 0.5) is 8.78 Å². The first-order chi connectivity index (χ1) is 8.74. The van der Waals surface area contributed by atoms with Crippen LogP contribution in [0.2, 0.25) is 0 Å². The number of benzene rings is 1. The fraction of sp³-hybridized carbons (Fsp3) is 0. The second-order valence-electron chi connectivity index (χ2n) is 3.60. The van der Waals surface area contributed by atoms with Gasteiger partial charge in [0.1, 0.15) is 28.6 Å². The van der Waals surface area contributed by atoms with Crippen molar-refractivity contribution < 1.29 is 8.78 Å². The SMILES string of the molecule is Fc1ccc(F)c(Sc2ncnc3[nH]ccc23)c1. The zero-order chi connectivity index (χ0) is 12.5. The van der Waals surface area contributed by atoms with Gasteiger partial charge in [-0.2, -0.15) is 0 Å². The number of nitrogens with one attached hydrogen (secondary N) is 1. The number of rotatable bonds is 2. The van der Waals surface area contributed by atoms with E-state index in [2.05, 4.69) is 15.0 Å². The molecule has 0 unspecified atom stereocenters. The van der Waals surface area contributed by atoms with Gasteiger partial charge in [0, 0.05) is 6.20 Å². The molecule has 2 heterocycles. The minimum Gasteiger partial charge on any atom is -0.346 e. The van der Waals surface area contributed by atoms with E-state index in [1.807, 2.05) is 0 Å². The van der Waals surface area contributed by atoms with Gasteiger partial charge in [-0.05, 0) is 24.3 Å². The minimum atomic E-state index is -0.474. The van der Waals surface area contributed by atoms with E-state index in [1.165, 1.54) is 6.33 Å². The molecule has 6 heteroatoms. The summed E-state index contributed by atoms with van der Waals surface area (Å²) in [6.07, 6.45) is 3.11. The Kier molecular flexibility index (Phi) is 2.71. The van der Waals surface area contributed by atoms with Crippen LogP contribution < -0.4 is 0 Å². The average molecular weight is 263 g/mol. The van der Waals surface area contributed by atoms with E-state index in [-0.39, 0.29) is 4.90 Å². The number of aromatic amines is 1. The van der Waals surface area contributed by atoms with Crippen LogP contribution in [0.3, 0.4) is 0 Å². The molecule has 0 aliphatic carbocycles. The first kappa shape index (κ1) is 11.2. The molecule has 0 radical (unpaired) electrons. The van der Waals surface area contributed by atoms with Crippen molar-refractivity contribution in [2.45, 2.75) is 9.92 Å². The Morgan fingerprint density at radius 2 is 2.00 bits per heavy atom. The van der Waals surface area contributed by atoms with Crippen LogP contribution in [0.25, 0.3) is 11.0 Å². The summed E-state index contributed by atoms with van der Waals surface area (Å²) in [5.74, 6) is -0.943. The van der Waals surface area contributed by atoms with Crippen molar-refractivity contribution in [3.05, 3.63) is 48.4 Å². The molecule has 0 bridgehead atoms. The van der Waals surface area contributed by atoms with Crippen LogP contribution >= 0.6 is 11.8 Å². The quantitative estimate of drug-likeness (QED) is 0.720. The molecule has 3 nitrogen and oxygen atoms in total. The second-order valence-corrected chi connectivity index (χ2v) is 4.63. The van der Waals surface area contributed by atoms with Gasteiger partial charge in [0.2, 0.25) is 0 Å². The van der Waals surface area contributed by atoms with Gasteiger partial charge in [-0.3, -0.25) is 0 Å². The molecule has 90 valence electrons. The molecule has 0 amide bonds. The Balaban J connectivity index is 2.06. The molecule has 2 aromatic heterocycles. The Bertz CT molecular complexity index is 711. The highest BCUT2D eigenvalue weighted by Gasteiger charge is 2.10. The predicted octanol–water partition coefficient (Wildman–Crippen LogP) is 3.39. The number of hydrogen-bond donors (Lipinski definition) is 1. The molecule has 0 aliphatic heterocycles. The maximum absolute atomic E-state index is 13.5. The largest absolute Gasteiger partial charge is 0.346 e. The number of H-pyrrole nitrogens is 1. The summed E-state index contributed by atoms with van der Waals surface area (Å²) in [5, 5.41) is 1.37. The van der Waals surface area contributed by atoms with E-state index in [1.54, 1.807) is 12.3 Å². The van der Waals surface area contributed by atoms with Crippen molar-refractivity contribution >= 4 is 22.8 Å². The highest BCUT2D eigenvalue weighted by molar-refractivity contribution is 7.99. The Labute approximate surface area is 105 Å². The van der Waals surface area contributed by atoms with Crippen LogP contribution in [-0.4, -0.2) is 15.0 Å². The van der Waals surface area contributed by atoms with Gasteiger partial charge in [0.25, 0.3) is 0 Å². The van der Waals surface area contributed by atoms with Crippen LogP contribution in [0.5, 0.6) is 0 Å². The zero-order valence-corrected chi connectivity index (χ0v) is 9.84. The highest BCUT2D eigenvalue weighted by Crippen LogP contribution is 2.32. The molecule has 0 atom stereocenters. The van der Waals surface area contributed by atoms with Crippen LogP contribution in [0.1, 0.15) is 0 Å². The van der Waals surface area contributed by atoms with E-state index in [9.17, 15) is 8.78 Å². The van der Waals surface area contributed by atoms with Gasteiger partial charge in [0.15, 0.2) is 0 Å². The summed E-state index contributed by atoms with van der Waals surface area (Å²) in [6.45, 7) is 0. The van der Waals surface area contributed by atoms with Gasteiger partial charge in [0.05, 0.1) is 10.3 Å². The molecule has 0 spiro atoms. The lowest BCUT2D eigenvalue weighted by atomic mass is 10.3. The molecule has 0 saturated carbocycles. The maximum atomic E-state index is 13.5. The molecule has 3 aromatic rings. The molecule has 1 N–H and O–H groups in total. The number of aromatic nitrogens is 3. The van der Waals surface area contributed by atoms with Crippen LogP contribution in [-0.2, 0) is 0 Å². The fourth-order valence-corrected chi connectivity index (χ4v) is 2.51. The standard InChI is InChI=1S/C12H7F2N3S/c13-7-1-2-9(14)10(5-7)18-12-8-3-4-15-11(8)16-6-17-12/h1-6H,(H,15,16,17). The molecule has 0 fully saturated rings. The second kappa shape index (κ2) is 4.38. The first-order valence-corrected chi connectivity index (χ1v) is 5.97. The Morgan fingerprint density at radius 3 is 2.89 bits per heavy atom. The number of nitrogens with zero attached hydrogens (tertiary/aromatic N) is 2. The average Bonchev–Trinajstić information content (AvgIpc) is 2.83. The summed E-state index contributed by atoms with van der Waals surface area (Å²) in [4.78, 5) is 11.3. The monoisotopic (exact) mass is 263 g/mol. The first-order valence-electron chi connectivity index (χ1n) is 5.15. The third-order valence-corrected chi connectivity index (χ3v) is 3.47. The Hall–Kier alpha value is -1.95.